The molecule has 2 N–H and O–H groups in total. The van der Waals surface area contributed by atoms with E-state index in [1.807, 2.05) is 6.08 Å². The zero-order valence-corrected chi connectivity index (χ0v) is 16.9. The molecule has 2 aromatic rings. The van der Waals surface area contributed by atoms with Crippen molar-refractivity contribution in [3.8, 4) is 11.6 Å². The van der Waals surface area contributed by atoms with Crippen molar-refractivity contribution in [3.63, 3.8) is 0 Å². The molecule has 1 aromatic carbocycles. The van der Waals surface area contributed by atoms with Crippen LogP contribution in [-0.4, -0.2) is 54.2 Å². The number of aromatic nitrogens is 1. The summed E-state index contributed by atoms with van der Waals surface area (Å²) in [4.78, 5) is 6.40. The third-order valence-corrected chi connectivity index (χ3v) is 6.43. The molecule has 1 unspecified atom stereocenters. The number of pyridine rings is 1. The fourth-order valence-corrected chi connectivity index (χ4v) is 4.94. The van der Waals surface area contributed by atoms with Crippen LogP contribution >= 0.6 is 0 Å². The third kappa shape index (κ3) is 3.95. The number of hydrogen-bond donors (Lipinski definition) is 2. The molecule has 0 radical (unpaired) electrons. The summed E-state index contributed by atoms with van der Waals surface area (Å²) in [6.45, 7) is 5.67. The van der Waals surface area contributed by atoms with Crippen molar-refractivity contribution in [1.82, 2.24) is 9.88 Å². The molecule has 0 aliphatic carbocycles. The lowest BCUT2D eigenvalue weighted by atomic mass is 9.73. The number of hydrogen-bond acceptors (Lipinski definition) is 7. The zero-order valence-electron chi connectivity index (χ0n) is 16.1. The molecule has 9 heteroatoms. The third-order valence-electron chi connectivity index (χ3n) is 6.05. The number of aliphatic hydroxyl groups excluding tert-OH is 1. The molecule has 0 spiro atoms. The monoisotopic (exact) mass is 420 g/mol. The second kappa shape index (κ2) is 7.56. The molecule has 3 fully saturated rings. The number of fused-ring (bicyclic) bond motifs is 4. The van der Waals surface area contributed by atoms with Gasteiger partial charge in [0, 0.05) is 24.0 Å². The van der Waals surface area contributed by atoms with E-state index in [-0.39, 0.29) is 11.9 Å². The highest BCUT2D eigenvalue weighted by atomic mass is 32.3. The van der Waals surface area contributed by atoms with Gasteiger partial charge < -0.3 is 14.0 Å². The van der Waals surface area contributed by atoms with Crippen molar-refractivity contribution >= 4 is 21.3 Å². The van der Waals surface area contributed by atoms with E-state index in [4.69, 9.17) is 9.29 Å². The maximum atomic E-state index is 11.3. The molecule has 156 valence electrons. The van der Waals surface area contributed by atoms with Crippen molar-refractivity contribution in [2.45, 2.75) is 25.0 Å². The van der Waals surface area contributed by atoms with Crippen LogP contribution in [0.2, 0.25) is 0 Å². The summed E-state index contributed by atoms with van der Waals surface area (Å²) in [5.41, 5.74) is 0.918. The number of piperidine rings is 3. The summed E-state index contributed by atoms with van der Waals surface area (Å²) >= 11 is 0. The second-order valence-corrected chi connectivity index (χ2v) is 8.66. The summed E-state index contributed by atoms with van der Waals surface area (Å²) in [7, 11) is -3.19. The summed E-state index contributed by atoms with van der Waals surface area (Å²) in [5, 5.41) is 11.9. The van der Waals surface area contributed by atoms with E-state index in [1.165, 1.54) is 6.07 Å². The fourth-order valence-electron chi connectivity index (χ4n) is 4.64. The normalized spacial score (nSPS) is 27.6. The van der Waals surface area contributed by atoms with Crippen LogP contribution < -0.4 is 8.92 Å². The van der Waals surface area contributed by atoms with Gasteiger partial charge in [0.25, 0.3) is 0 Å². The van der Waals surface area contributed by atoms with Gasteiger partial charge in [-0.25, -0.2) is 4.98 Å². The van der Waals surface area contributed by atoms with Gasteiger partial charge >= 0.3 is 10.4 Å². The predicted molar refractivity (Wildman–Crippen MR) is 107 cm³/mol. The Bertz CT molecular complexity index is 1040. The van der Waals surface area contributed by atoms with Crippen molar-refractivity contribution in [2.75, 3.05) is 20.2 Å². The number of methoxy groups -OCH3 is 1. The van der Waals surface area contributed by atoms with Crippen LogP contribution in [0.1, 0.15) is 24.5 Å². The summed E-state index contributed by atoms with van der Waals surface area (Å²) in [6, 6.07) is 6.35. The Balaban J connectivity index is 1.77. The lowest BCUT2D eigenvalue weighted by Crippen LogP contribution is -2.54. The van der Waals surface area contributed by atoms with Crippen molar-refractivity contribution in [3.05, 3.63) is 42.5 Å². The minimum absolute atomic E-state index is 0.111. The first-order chi connectivity index (χ1) is 13.8. The average Bonchev–Trinajstić information content (AvgIpc) is 2.71. The Morgan fingerprint density at radius 1 is 1.38 bits per heavy atom. The number of rotatable bonds is 6. The molecule has 3 aliphatic heterocycles. The molecular weight excluding hydrogens is 396 g/mol. The molecule has 3 saturated heterocycles. The Hall–Kier alpha value is -2.20. The van der Waals surface area contributed by atoms with E-state index in [9.17, 15) is 13.5 Å². The standard InChI is InChI=1S/C20H24N2O6S/c1-3-12-11-22-7-6-13(12)8-18(22)20(23)16-10-19(28-29(24,25)26)21-17-5-4-14(27-2)9-15(16)17/h3-5,9-10,12-13,18,20,23H,1,6-8,11H2,2H3,(H,24,25,26)/t12-,13-,18+,20-/m0/s1. The van der Waals surface area contributed by atoms with Crippen molar-refractivity contribution in [1.29, 1.82) is 0 Å². The predicted octanol–water partition coefficient (Wildman–Crippen LogP) is 2.35. The molecule has 8 nitrogen and oxygen atoms in total. The molecule has 1 aromatic heterocycles. The number of aliphatic hydroxyl groups is 1. The lowest BCUT2D eigenvalue weighted by molar-refractivity contribution is -0.0445. The maximum Gasteiger partial charge on any atom is 0.447 e. The Morgan fingerprint density at radius 2 is 2.17 bits per heavy atom. The Morgan fingerprint density at radius 3 is 2.79 bits per heavy atom. The maximum absolute atomic E-state index is 11.3. The summed E-state index contributed by atoms with van der Waals surface area (Å²) < 4.78 is 41.3. The molecule has 5 rings (SSSR count). The van der Waals surface area contributed by atoms with Crippen molar-refractivity contribution < 1.29 is 27.0 Å². The van der Waals surface area contributed by atoms with E-state index in [2.05, 4.69) is 20.6 Å². The molecule has 5 atom stereocenters. The first-order valence-electron chi connectivity index (χ1n) is 9.49. The fraction of sp³-hybridized carbons (Fsp3) is 0.450. The topological polar surface area (TPSA) is 109 Å². The molecule has 0 saturated carbocycles. The van der Waals surface area contributed by atoms with E-state index < -0.39 is 16.5 Å². The summed E-state index contributed by atoms with van der Waals surface area (Å²) in [5.74, 6) is 1.18. The van der Waals surface area contributed by atoms with E-state index in [0.717, 1.165) is 25.9 Å². The molecule has 4 heterocycles. The van der Waals surface area contributed by atoms with Gasteiger partial charge in [0.2, 0.25) is 5.88 Å². The largest absolute Gasteiger partial charge is 0.497 e. The van der Waals surface area contributed by atoms with Crippen LogP contribution in [0.25, 0.3) is 10.9 Å². The number of ether oxygens (including phenoxy) is 1. The van der Waals surface area contributed by atoms with Crippen LogP contribution in [0, 0.1) is 11.8 Å². The van der Waals surface area contributed by atoms with Crippen LogP contribution in [0.4, 0.5) is 0 Å². The van der Waals surface area contributed by atoms with Crippen LogP contribution in [0.15, 0.2) is 36.9 Å². The van der Waals surface area contributed by atoms with E-state index in [1.54, 1.807) is 25.3 Å². The molecule has 3 aliphatic rings. The van der Waals surface area contributed by atoms with Gasteiger partial charge in [-0.1, -0.05) is 6.08 Å². The second-order valence-electron chi connectivity index (χ2n) is 7.63. The zero-order chi connectivity index (χ0) is 20.8. The van der Waals surface area contributed by atoms with Gasteiger partial charge in [0.1, 0.15) is 5.75 Å². The molecule has 0 amide bonds. The van der Waals surface area contributed by atoms with Gasteiger partial charge in [0.05, 0.1) is 18.7 Å². The van der Waals surface area contributed by atoms with Gasteiger partial charge in [-0.3, -0.25) is 9.45 Å². The lowest BCUT2D eigenvalue weighted by Gasteiger charge is -2.50. The average molecular weight is 420 g/mol. The first-order valence-corrected chi connectivity index (χ1v) is 10.9. The summed E-state index contributed by atoms with van der Waals surface area (Å²) in [6.07, 6.45) is 3.00. The molecule has 2 bridgehead atoms. The van der Waals surface area contributed by atoms with Crippen LogP contribution in [-0.2, 0) is 10.4 Å². The van der Waals surface area contributed by atoms with E-state index in [0.29, 0.717) is 34.1 Å². The minimum Gasteiger partial charge on any atom is -0.497 e. The molecular formula is C20H24N2O6S. The SMILES string of the molecule is C=C[C@H]1CN2CC[C@H]1C[C@@H]2[C@@H](O)c1cc(OS(=O)(=O)O)nc2ccc(OC)cc12. The smallest absolute Gasteiger partial charge is 0.447 e. The van der Waals surface area contributed by atoms with Gasteiger partial charge in [0.15, 0.2) is 0 Å². The van der Waals surface area contributed by atoms with Gasteiger partial charge in [-0.15, -0.1) is 6.58 Å². The van der Waals surface area contributed by atoms with E-state index >= 15 is 0 Å². The Kier molecular flexibility index (Phi) is 5.24. The Labute approximate surface area is 169 Å². The highest BCUT2D eigenvalue weighted by Gasteiger charge is 2.42. The quantitative estimate of drug-likeness (QED) is 0.541. The van der Waals surface area contributed by atoms with Gasteiger partial charge in [-0.2, -0.15) is 8.42 Å². The van der Waals surface area contributed by atoms with Crippen molar-refractivity contribution in [2.24, 2.45) is 11.8 Å². The highest BCUT2D eigenvalue weighted by molar-refractivity contribution is 7.81. The number of nitrogens with zero attached hydrogens (tertiary/aromatic N) is 2. The highest BCUT2D eigenvalue weighted by Crippen LogP contribution is 2.42. The number of benzene rings is 1. The first kappa shape index (κ1) is 20.1. The molecule has 29 heavy (non-hydrogen) atoms. The van der Waals surface area contributed by atoms with Gasteiger partial charge in [-0.05, 0) is 55.0 Å². The van der Waals surface area contributed by atoms with Crippen LogP contribution in [0.5, 0.6) is 11.6 Å². The minimum atomic E-state index is -4.74. The van der Waals surface area contributed by atoms with Crippen LogP contribution in [0.3, 0.4) is 0 Å².